The molecule has 0 saturated heterocycles. The van der Waals surface area contributed by atoms with E-state index in [0.717, 1.165) is 22.3 Å². The maximum Gasteiger partial charge on any atom is 0.407 e. The van der Waals surface area contributed by atoms with Crippen molar-refractivity contribution in [1.29, 1.82) is 0 Å². The summed E-state index contributed by atoms with van der Waals surface area (Å²) < 4.78 is 5.70. The number of aliphatic carboxylic acids is 1. The Kier molecular flexibility index (Phi) is 7.88. The van der Waals surface area contributed by atoms with E-state index in [2.05, 4.69) is 29.6 Å². The second kappa shape index (κ2) is 10.5. The van der Waals surface area contributed by atoms with Gasteiger partial charge in [-0.05, 0) is 55.9 Å². The number of hydrogen-bond donors (Lipinski definition) is 2. The maximum atomic E-state index is 13.4. The molecular weight excluding hydrogens is 444 g/mol. The molecule has 0 aromatic heterocycles. The van der Waals surface area contributed by atoms with Crippen LogP contribution in [0.1, 0.15) is 58.6 Å². The molecule has 35 heavy (non-hydrogen) atoms. The summed E-state index contributed by atoms with van der Waals surface area (Å²) >= 11 is 0. The molecule has 2 amide bonds. The van der Waals surface area contributed by atoms with Gasteiger partial charge in [-0.1, -0.05) is 62.4 Å². The lowest BCUT2D eigenvalue weighted by Crippen LogP contribution is -2.58. The Morgan fingerprint density at radius 1 is 1.00 bits per heavy atom. The fraction of sp³-hybridized carbons (Fsp3) is 0.464. The number of likely N-dealkylation sites (N-methyl/N-ethyl adjacent to an activating group) is 1. The van der Waals surface area contributed by atoms with E-state index < -0.39 is 29.6 Å². The molecule has 7 nitrogen and oxygen atoms in total. The number of alkyl carbamates (subject to hydrolysis) is 1. The lowest BCUT2D eigenvalue weighted by Gasteiger charge is -2.40. The normalized spacial score (nSPS) is 14.6. The van der Waals surface area contributed by atoms with Gasteiger partial charge in [-0.25, -0.2) is 9.59 Å². The molecule has 2 aromatic rings. The first kappa shape index (κ1) is 26.3. The Morgan fingerprint density at radius 2 is 1.51 bits per heavy atom. The lowest BCUT2D eigenvalue weighted by molar-refractivity contribution is -0.154. The van der Waals surface area contributed by atoms with Crippen molar-refractivity contribution in [2.45, 2.75) is 59.5 Å². The third kappa shape index (κ3) is 5.19. The quantitative estimate of drug-likeness (QED) is 0.532. The number of rotatable bonds is 9. The van der Waals surface area contributed by atoms with Gasteiger partial charge in [0.2, 0.25) is 5.91 Å². The Balaban J connectivity index is 1.74. The van der Waals surface area contributed by atoms with Crippen LogP contribution in [0, 0.1) is 11.3 Å². The maximum absolute atomic E-state index is 13.4. The Bertz CT molecular complexity index is 1050. The van der Waals surface area contributed by atoms with E-state index in [1.807, 2.05) is 38.1 Å². The van der Waals surface area contributed by atoms with Crippen molar-refractivity contribution in [3.8, 4) is 11.1 Å². The van der Waals surface area contributed by atoms with Gasteiger partial charge in [-0.15, -0.1) is 0 Å². The highest BCUT2D eigenvalue weighted by molar-refractivity contribution is 5.88. The van der Waals surface area contributed by atoms with Crippen LogP contribution >= 0.6 is 0 Å². The molecule has 2 atom stereocenters. The number of fused-ring (bicyclic) bond motifs is 3. The van der Waals surface area contributed by atoms with Gasteiger partial charge in [0.25, 0.3) is 0 Å². The molecule has 0 heterocycles. The molecule has 7 heteroatoms. The minimum Gasteiger partial charge on any atom is -0.480 e. The first-order valence-corrected chi connectivity index (χ1v) is 12.2. The minimum atomic E-state index is -1.07. The summed E-state index contributed by atoms with van der Waals surface area (Å²) in [6, 6.07) is 14.7. The number of ether oxygens (including phenoxy) is 1. The van der Waals surface area contributed by atoms with Crippen molar-refractivity contribution in [3.05, 3.63) is 59.7 Å². The third-order valence-corrected chi connectivity index (χ3v) is 7.04. The number of amides is 2. The predicted molar refractivity (Wildman–Crippen MR) is 135 cm³/mol. The fourth-order valence-electron chi connectivity index (χ4n) is 5.18. The summed E-state index contributed by atoms with van der Waals surface area (Å²) in [5, 5.41) is 12.3. The number of carbonyl (C=O) groups excluding carboxylic acids is 2. The molecule has 0 radical (unpaired) electrons. The van der Waals surface area contributed by atoms with Crippen molar-refractivity contribution in [1.82, 2.24) is 10.2 Å². The summed E-state index contributed by atoms with van der Waals surface area (Å²) in [7, 11) is 0. The Hall–Kier alpha value is -3.35. The van der Waals surface area contributed by atoms with Crippen molar-refractivity contribution in [3.63, 3.8) is 0 Å². The zero-order valence-electron chi connectivity index (χ0n) is 21.4. The van der Waals surface area contributed by atoms with Crippen molar-refractivity contribution < 1.29 is 24.2 Å². The van der Waals surface area contributed by atoms with Crippen molar-refractivity contribution >= 4 is 18.0 Å². The van der Waals surface area contributed by atoms with Crippen molar-refractivity contribution in [2.75, 3.05) is 13.2 Å². The molecule has 2 aromatic carbocycles. The van der Waals surface area contributed by atoms with Gasteiger partial charge in [0.1, 0.15) is 12.6 Å². The molecular formula is C28H36N2O5. The summed E-state index contributed by atoms with van der Waals surface area (Å²) in [5.74, 6) is -1.55. The van der Waals surface area contributed by atoms with E-state index in [-0.39, 0.29) is 30.9 Å². The van der Waals surface area contributed by atoms with Crippen LogP contribution in [-0.2, 0) is 14.3 Å². The average molecular weight is 481 g/mol. The first-order valence-electron chi connectivity index (χ1n) is 12.2. The highest BCUT2D eigenvalue weighted by Crippen LogP contribution is 2.44. The molecule has 3 rings (SSSR count). The van der Waals surface area contributed by atoms with E-state index in [1.165, 1.54) is 11.8 Å². The van der Waals surface area contributed by atoms with E-state index in [4.69, 9.17) is 4.74 Å². The standard InChI is InChI=1S/C28H36N2O5/c1-7-30(18(4)25(31)32)26(33)28(5,6)24(17(2)3)29-27(34)35-16-23-21-14-10-8-12-19(21)20-13-9-11-15-22(20)23/h8-15,17-18,23-24H,7,16H2,1-6H3,(H,29,34)(H,31,32). The lowest BCUT2D eigenvalue weighted by atomic mass is 9.77. The molecule has 2 N–H and O–H groups in total. The summed E-state index contributed by atoms with van der Waals surface area (Å²) in [5.41, 5.74) is 3.50. The van der Waals surface area contributed by atoms with Crippen LogP contribution in [0.15, 0.2) is 48.5 Å². The molecule has 0 spiro atoms. The van der Waals surface area contributed by atoms with Crippen LogP contribution in [-0.4, -0.2) is 53.2 Å². The second-order valence-electron chi connectivity index (χ2n) is 10.0. The van der Waals surface area contributed by atoms with Gasteiger partial charge >= 0.3 is 12.1 Å². The molecule has 2 unspecified atom stereocenters. The fourth-order valence-corrected chi connectivity index (χ4v) is 5.18. The molecule has 0 fully saturated rings. The van der Waals surface area contributed by atoms with Crippen LogP contribution in [0.25, 0.3) is 11.1 Å². The highest BCUT2D eigenvalue weighted by atomic mass is 16.5. The SMILES string of the molecule is CCN(C(=O)C(C)(C)C(NC(=O)OCC1c2ccccc2-c2ccccc21)C(C)C)C(C)C(=O)O. The second-order valence-corrected chi connectivity index (χ2v) is 10.0. The third-order valence-electron chi connectivity index (χ3n) is 7.04. The van der Waals surface area contributed by atoms with E-state index in [0.29, 0.717) is 0 Å². The molecule has 1 aliphatic rings. The molecule has 0 saturated carbocycles. The number of carboxylic acids is 1. The molecule has 0 bridgehead atoms. The van der Waals surface area contributed by atoms with E-state index >= 15 is 0 Å². The van der Waals surface area contributed by atoms with Gasteiger partial charge in [0, 0.05) is 18.5 Å². The molecule has 188 valence electrons. The number of benzene rings is 2. The summed E-state index contributed by atoms with van der Waals surface area (Å²) in [4.78, 5) is 39.2. The van der Waals surface area contributed by atoms with Gasteiger partial charge in [0.15, 0.2) is 0 Å². The Labute approximate surface area is 207 Å². The van der Waals surface area contributed by atoms with Crippen molar-refractivity contribution in [2.24, 2.45) is 11.3 Å². The van der Waals surface area contributed by atoms with Gasteiger partial charge in [-0.2, -0.15) is 0 Å². The van der Waals surface area contributed by atoms with Crippen LogP contribution in [0.4, 0.5) is 4.79 Å². The number of carbonyl (C=O) groups is 3. The van der Waals surface area contributed by atoms with E-state index in [1.54, 1.807) is 20.8 Å². The largest absolute Gasteiger partial charge is 0.480 e. The van der Waals surface area contributed by atoms with Gasteiger partial charge < -0.3 is 20.1 Å². The summed E-state index contributed by atoms with van der Waals surface area (Å²) in [6.07, 6.45) is -0.597. The van der Waals surface area contributed by atoms with Gasteiger partial charge in [-0.3, -0.25) is 4.79 Å². The average Bonchev–Trinajstić information content (AvgIpc) is 3.14. The number of carboxylic acid groups (broad SMARTS) is 1. The monoisotopic (exact) mass is 480 g/mol. The topological polar surface area (TPSA) is 95.9 Å². The van der Waals surface area contributed by atoms with Crippen LogP contribution < -0.4 is 5.32 Å². The van der Waals surface area contributed by atoms with E-state index in [9.17, 15) is 19.5 Å². The van der Waals surface area contributed by atoms with Crippen LogP contribution in [0.2, 0.25) is 0 Å². The number of nitrogens with one attached hydrogen (secondary N) is 1. The Morgan fingerprint density at radius 3 is 1.97 bits per heavy atom. The number of hydrogen-bond acceptors (Lipinski definition) is 4. The van der Waals surface area contributed by atoms with Crippen LogP contribution in [0.5, 0.6) is 0 Å². The van der Waals surface area contributed by atoms with Gasteiger partial charge in [0.05, 0.1) is 5.41 Å². The number of nitrogens with zero attached hydrogens (tertiary/aromatic N) is 1. The predicted octanol–water partition coefficient (Wildman–Crippen LogP) is 4.90. The molecule has 0 aliphatic heterocycles. The highest BCUT2D eigenvalue weighted by Gasteiger charge is 2.44. The first-order chi connectivity index (χ1) is 16.5. The van der Waals surface area contributed by atoms with Crippen LogP contribution in [0.3, 0.4) is 0 Å². The smallest absolute Gasteiger partial charge is 0.407 e. The zero-order valence-corrected chi connectivity index (χ0v) is 21.4. The minimum absolute atomic E-state index is 0.0627. The summed E-state index contributed by atoms with van der Waals surface area (Å²) in [6.45, 7) is 11.0. The molecule has 1 aliphatic carbocycles. The zero-order chi connectivity index (χ0) is 25.9.